The van der Waals surface area contributed by atoms with Gasteiger partial charge in [-0.15, -0.1) is 0 Å². The lowest BCUT2D eigenvalue weighted by atomic mass is 9.81. The minimum absolute atomic E-state index is 0.155. The molecule has 40 heavy (non-hydrogen) atoms. The van der Waals surface area contributed by atoms with Crippen LogP contribution in [-0.4, -0.2) is 56.5 Å². The fourth-order valence-corrected chi connectivity index (χ4v) is 5.61. The van der Waals surface area contributed by atoms with E-state index in [2.05, 4.69) is 15.3 Å². The van der Waals surface area contributed by atoms with Gasteiger partial charge >= 0.3 is 6.09 Å². The number of imidazole rings is 1. The lowest BCUT2D eigenvalue weighted by molar-refractivity contribution is 0.0945. The molecule has 6 rings (SSSR count). The number of pyridine rings is 1. The van der Waals surface area contributed by atoms with E-state index < -0.39 is 23.2 Å². The topological polar surface area (TPSA) is 128 Å². The first-order valence-electron chi connectivity index (χ1n) is 13.3. The van der Waals surface area contributed by atoms with Gasteiger partial charge in [0.2, 0.25) is 0 Å². The van der Waals surface area contributed by atoms with Crippen LogP contribution >= 0.6 is 0 Å². The Morgan fingerprint density at radius 3 is 2.75 bits per heavy atom. The summed E-state index contributed by atoms with van der Waals surface area (Å²) in [5.74, 6) is 0.717. The van der Waals surface area contributed by atoms with Crippen LogP contribution in [0.25, 0.3) is 16.8 Å². The number of amides is 2. The average molecular weight is 544 g/mol. The van der Waals surface area contributed by atoms with Crippen LogP contribution < -0.4 is 11.1 Å². The number of likely N-dealkylation sites (tertiary alicyclic amines) is 1. The molecule has 0 bridgehead atoms. The van der Waals surface area contributed by atoms with E-state index in [0.717, 1.165) is 31.2 Å². The number of methoxy groups -OCH3 is 1. The van der Waals surface area contributed by atoms with E-state index >= 15 is 4.39 Å². The second-order valence-electron chi connectivity index (χ2n) is 10.8. The highest BCUT2D eigenvalue weighted by Crippen LogP contribution is 2.41. The molecule has 10 nitrogen and oxygen atoms in total. The zero-order chi connectivity index (χ0) is 28.0. The van der Waals surface area contributed by atoms with Crippen LogP contribution in [0.4, 0.5) is 20.8 Å². The molecule has 2 aliphatic rings. The average Bonchev–Trinajstić information content (AvgIpc) is 3.73. The summed E-state index contributed by atoms with van der Waals surface area (Å²) < 4.78 is 22.4. The van der Waals surface area contributed by atoms with E-state index in [9.17, 15) is 9.59 Å². The number of nitrogens with one attached hydrogen (secondary N) is 1. The number of carbonyl (C=O) groups excluding carboxylic acids is 2. The summed E-state index contributed by atoms with van der Waals surface area (Å²) in [6, 6.07) is 8.08. The third kappa shape index (κ3) is 4.61. The Bertz CT molecular complexity index is 1630. The van der Waals surface area contributed by atoms with Crippen molar-refractivity contribution < 1.29 is 18.7 Å². The van der Waals surface area contributed by atoms with Crippen molar-refractivity contribution in [2.75, 3.05) is 31.2 Å². The molecule has 3 N–H and O–H groups in total. The lowest BCUT2D eigenvalue weighted by Crippen LogP contribution is -2.47. The van der Waals surface area contributed by atoms with Gasteiger partial charge < -0.3 is 20.7 Å². The molecular formula is C29H30FN7O3. The normalized spacial score (nSPS) is 19.0. The third-order valence-corrected chi connectivity index (χ3v) is 7.81. The van der Waals surface area contributed by atoms with E-state index in [4.69, 9.17) is 15.5 Å². The first kappa shape index (κ1) is 25.7. The van der Waals surface area contributed by atoms with Crippen LogP contribution in [0, 0.1) is 5.82 Å². The molecule has 1 aromatic carbocycles. The maximum Gasteiger partial charge on any atom is 0.409 e. The zero-order valence-electron chi connectivity index (χ0n) is 22.4. The Kier molecular flexibility index (Phi) is 6.36. The fraction of sp³-hybridized carbons (Fsp3) is 0.345. The molecule has 2 amide bonds. The Labute approximate surface area is 230 Å². The van der Waals surface area contributed by atoms with Crippen molar-refractivity contribution in [3.8, 4) is 11.3 Å². The van der Waals surface area contributed by atoms with Crippen LogP contribution in [0.1, 0.15) is 60.3 Å². The van der Waals surface area contributed by atoms with Gasteiger partial charge in [-0.1, -0.05) is 6.92 Å². The number of hydrogen-bond acceptors (Lipinski definition) is 7. The number of rotatable bonds is 5. The van der Waals surface area contributed by atoms with Crippen LogP contribution in [0.2, 0.25) is 0 Å². The number of anilines is 2. The summed E-state index contributed by atoms with van der Waals surface area (Å²) in [5, 5.41) is 2.77. The van der Waals surface area contributed by atoms with Gasteiger partial charge in [0.05, 0.1) is 7.11 Å². The van der Waals surface area contributed by atoms with Crippen molar-refractivity contribution in [1.82, 2.24) is 24.3 Å². The molecule has 0 radical (unpaired) electrons. The van der Waals surface area contributed by atoms with Gasteiger partial charge in [-0.25, -0.2) is 24.1 Å². The molecule has 4 heterocycles. The minimum atomic E-state index is -0.618. The molecule has 3 aromatic heterocycles. The summed E-state index contributed by atoms with van der Waals surface area (Å²) in [6.07, 6.45) is 8.37. The number of aromatic nitrogens is 4. The van der Waals surface area contributed by atoms with Crippen LogP contribution in [-0.2, 0) is 10.2 Å². The Morgan fingerprint density at radius 1 is 1.18 bits per heavy atom. The largest absolute Gasteiger partial charge is 0.453 e. The van der Waals surface area contributed by atoms with Crippen molar-refractivity contribution in [2.45, 2.75) is 43.9 Å². The van der Waals surface area contributed by atoms with Crippen molar-refractivity contribution >= 4 is 29.2 Å². The predicted molar refractivity (Wildman–Crippen MR) is 148 cm³/mol. The number of fused-ring (bicyclic) bond motifs is 1. The van der Waals surface area contributed by atoms with Crippen molar-refractivity contribution in [2.24, 2.45) is 0 Å². The van der Waals surface area contributed by atoms with Crippen molar-refractivity contribution in [1.29, 1.82) is 0 Å². The monoisotopic (exact) mass is 543 g/mol. The Balaban J connectivity index is 1.34. The van der Waals surface area contributed by atoms with E-state index in [-0.39, 0.29) is 16.9 Å². The number of hydrogen-bond donors (Lipinski definition) is 2. The standard InChI is InChI=1S/C29H30FN7O3/c1-29(9-3-12-36(16-29)28(39)40-2)27-35-23(24-25(31)33-11-13-37(24)27)20-7-6-19(14-21(20)30)26(38)34-22-15-18(8-10-32-22)17-4-5-17/h6-8,10-11,13-15,17H,3-5,9,12,16H2,1-2H3,(H2,31,33)(H,32,34,38). The number of benzene rings is 1. The molecule has 1 aliphatic carbocycles. The molecule has 1 saturated carbocycles. The zero-order valence-corrected chi connectivity index (χ0v) is 22.4. The van der Waals surface area contributed by atoms with Gasteiger partial charge in [-0.3, -0.25) is 9.20 Å². The Morgan fingerprint density at radius 2 is 2.00 bits per heavy atom. The van der Waals surface area contributed by atoms with Crippen molar-refractivity contribution in [3.05, 3.63) is 71.7 Å². The van der Waals surface area contributed by atoms with Gasteiger partial charge in [0.1, 0.15) is 34.5 Å². The molecule has 4 aromatic rings. The molecule has 1 saturated heterocycles. The van der Waals surface area contributed by atoms with Gasteiger partial charge in [0.15, 0.2) is 0 Å². The summed E-state index contributed by atoms with van der Waals surface area (Å²) >= 11 is 0. The number of nitrogen functional groups attached to an aromatic ring is 1. The number of ether oxygens (including phenoxy) is 1. The number of carbonyl (C=O) groups is 2. The molecule has 0 spiro atoms. The molecule has 2 fully saturated rings. The molecule has 11 heteroatoms. The maximum absolute atomic E-state index is 15.7. The van der Waals surface area contributed by atoms with E-state index in [1.807, 2.05) is 23.5 Å². The van der Waals surface area contributed by atoms with E-state index in [1.165, 1.54) is 19.2 Å². The SMILES string of the molecule is COC(=O)N1CCCC(C)(c2nc(-c3ccc(C(=O)Nc4cc(C5CC5)ccn4)cc3F)c3c(N)nccn23)C1. The van der Waals surface area contributed by atoms with Gasteiger partial charge in [-0.05, 0) is 67.5 Å². The Hall–Kier alpha value is -4.54. The molecule has 206 valence electrons. The summed E-state index contributed by atoms with van der Waals surface area (Å²) in [6.45, 7) is 2.99. The summed E-state index contributed by atoms with van der Waals surface area (Å²) in [4.78, 5) is 40.2. The molecule has 1 unspecified atom stereocenters. The maximum atomic E-state index is 15.7. The third-order valence-electron chi connectivity index (χ3n) is 7.81. The first-order chi connectivity index (χ1) is 19.3. The minimum Gasteiger partial charge on any atom is -0.453 e. The molecule has 1 aliphatic heterocycles. The number of nitrogens with zero attached hydrogens (tertiary/aromatic N) is 5. The lowest BCUT2D eigenvalue weighted by Gasteiger charge is -2.38. The van der Waals surface area contributed by atoms with E-state index in [1.54, 1.807) is 29.6 Å². The fourth-order valence-electron chi connectivity index (χ4n) is 5.61. The molecule has 1 atom stereocenters. The number of piperidine rings is 1. The summed E-state index contributed by atoms with van der Waals surface area (Å²) in [5.41, 5.74) is 8.01. The van der Waals surface area contributed by atoms with Gasteiger partial charge in [0.25, 0.3) is 5.91 Å². The van der Waals surface area contributed by atoms with E-state index in [0.29, 0.717) is 41.9 Å². The number of nitrogens with two attached hydrogens (primary N) is 1. The van der Waals surface area contributed by atoms with Crippen LogP contribution in [0.5, 0.6) is 0 Å². The summed E-state index contributed by atoms with van der Waals surface area (Å²) in [7, 11) is 1.36. The smallest absolute Gasteiger partial charge is 0.409 e. The van der Waals surface area contributed by atoms with Crippen LogP contribution in [0.15, 0.2) is 48.9 Å². The van der Waals surface area contributed by atoms with Crippen LogP contribution in [0.3, 0.4) is 0 Å². The van der Waals surface area contributed by atoms with Gasteiger partial charge in [0, 0.05) is 48.2 Å². The first-order valence-corrected chi connectivity index (χ1v) is 13.3. The second kappa shape index (κ2) is 9.89. The molecular weight excluding hydrogens is 513 g/mol. The second-order valence-corrected chi connectivity index (χ2v) is 10.8. The van der Waals surface area contributed by atoms with Crippen molar-refractivity contribution in [3.63, 3.8) is 0 Å². The number of halogens is 1. The highest BCUT2D eigenvalue weighted by Gasteiger charge is 2.39. The predicted octanol–water partition coefficient (Wildman–Crippen LogP) is 4.76. The highest BCUT2D eigenvalue weighted by atomic mass is 19.1. The highest BCUT2D eigenvalue weighted by molar-refractivity contribution is 6.04. The van der Waals surface area contributed by atoms with Gasteiger partial charge in [-0.2, -0.15) is 0 Å². The quantitative estimate of drug-likeness (QED) is 0.371.